The molecular weight excluding hydrogens is 321 g/mol. The van der Waals surface area contributed by atoms with E-state index in [1.165, 1.54) is 12.1 Å². The fourth-order valence-electron chi connectivity index (χ4n) is 2.56. The molecule has 0 bridgehead atoms. The largest absolute Gasteiger partial charge is 0.508 e. The van der Waals surface area contributed by atoms with Gasteiger partial charge < -0.3 is 14.4 Å². The van der Waals surface area contributed by atoms with Crippen LogP contribution < -0.4 is 0 Å². The van der Waals surface area contributed by atoms with Crippen LogP contribution in [0.4, 0.5) is 4.39 Å². The summed E-state index contributed by atoms with van der Waals surface area (Å²) in [6.07, 6.45) is 1.70. The fourth-order valence-corrected chi connectivity index (χ4v) is 2.56. The van der Waals surface area contributed by atoms with E-state index in [2.05, 4.69) is 0 Å². The van der Waals surface area contributed by atoms with E-state index in [1.807, 2.05) is 6.07 Å². The fraction of sp³-hybridized carbons (Fsp3) is 0.150. The average molecular weight is 339 g/mol. The van der Waals surface area contributed by atoms with Crippen molar-refractivity contribution < 1.29 is 18.7 Å². The van der Waals surface area contributed by atoms with Crippen molar-refractivity contribution >= 4 is 5.91 Å². The predicted octanol–water partition coefficient (Wildman–Crippen LogP) is 3.90. The van der Waals surface area contributed by atoms with Crippen LogP contribution in [0.15, 0.2) is 71.3 Å². The van der Waals surface area contributed by atoms with Crippen LogP contribution in [0.3, 0.4) is 0 Å². The van der Waals surface area contributed by atoms with Gasteiger partial charge in [0.25, 0.3) is 0 Å². The number of para-hydroxylation sites is 1. The molecule has 25 heavy (non-hydrogen) atoms. The molecule has 1 heterocycles. The second-order valence-corrected chi connectivity index (χ2v) is 5.76. The molecule has 3 rings (SSSR count). The molecule has 0 aliphatic rings. The molecule has 0 aliphatic carbocycles. The van der Waals surface area contributed by atoms with E-state index in [-0.39, 0.29) is 30.4 Å². The summed E-state index contributed by atoms with van der Waals surface area (Å²) >= 11 is 0. The number of carbonyl (C=O) groups excluding carboxylic acids is 1. The van der Waals surface area contributed by atoms with Gasteiger partial charge in [-0.05, 0) is 35.9 Å². The summed E-state index contributed by atoms with van der Waals surface area (Å²) in [5.41, 5.74) is 1.38. The minimum Gasteiger partial charge on any atom is -0.508 e. The monoisotopic (exact) mass is 339 g/mol. The highest BCUT2D eigenvalue weighted by Crippen LogP contribution is 2.20. The molecule has 0 atom stereocenters. The normalized spacial score (nSPS) is 10.6. The lowest BCUT2D eigenvalue weighted by Crippen LogP contribution is -2.31. The van der Waals surface area contributed by atoms with E-state index in [0.29, 0.717) is 17.9 Å². The quantitative estimate of drug-likeness (QED) is 0.741. The Kier molecular flexibility index (Phi) is 5.14. The summed E-state index contributed by atoms with van der Waals surface area (Å²) in [4.78, 5) is 14.4. The van der Waals surface area contributed by atoms with E-state index in [1.54, 1.807) is 53.6 Å². The number of rotatable bonds is 6. The number of benzene rings is 2. The number of halogens is 1. The van der Waals surface area contributed by atoms with E-state index >= 15 is 0 Å². The summed E-state index contributed by atoms with van der Waals surface area (Å²) in [5, 5.41) is 9.98. The summed E-state index contributed by atoms with van der Waals surface area (Å²) in [7, 11) is 0. The van der Waals surface area contributed by atoms with Gasteiger partial charge in [0, 0.05) is 12.1 Å². The maximum absolute atomic E-state index is 13.0. The first-order chi connectivity index (χ1) is 12.1. The SMILES string of the molecule is O=C(Cc1ccc(F)cc1)N(Cc1ccco1)Cc1ccccc1O. The standard InChI is InChI=1S/C20H18FNO3/c21-17-9-7-15(8-10-17)12-20(24)22(14-18-5-3-11-25-18)13-16-4-1-2-6-19(16)23/h1-11,23H,12-14H2. The summed E-state index contributed by atoms with van der Waals surface area (Å²) in [5.74, 6) is 0.327. The molecule has 2 aromatic carbocycles. The van der Waals surface area contributed by atoms with Gasteiger partial charge >= 0.3 is 0 Å². The third kappa shape index (κ3) is 4.47. The minimum absolute atomic E-state index is 0.133. The zero-order chi connectivity index (χ0) is 17.6. The molecule has 4 nitrogen and oxygen atoms in total. The van der Waals surface area contributed by atoms with Crippen molar-refractivity contribution in [3.63, 3.8) is 0 Å². The maximum atomic E-state index is 13.0. The van der Waals surface area contributed by atoms with Crippen molar-refractivity contribution in [3.8, 4) is 5.75 Å². The zero-order valence-corrected chi connectivity index (χ0v) is 13.6. The van der Waals surface area contributed by atoms with Crippen LogP contribution in [0.5, 0.6) is 5.75 Å². The Bertz CT molecular complexity index is 828. The number of nitrogens with zero attached hydrogens (tertiary/aromatic N) is 1. The number of hydrogen-bond acceptors (Lipinski definition) is 3. The average Bonchev–Trinajstić information content (AvgIpc) is 3.11. The van der Waals surface area contributed by atoms with Gasteiger partial charge in [0.15, 0.2) is 0 Å². The third-order valence-electron chi connectivity index (χ3n) is 3.90. The van der Waals surface area contributed by atoms with E-state index < -0.39 is 0 Å². The van der Waals surface area contributed by atoms with Gasteiger partial charge in [-0.2, -0.15) is 0 Å². The molecule has 1 aromatic heterocycles. The summed E-state index contributed by atoms with van der Waals surface area (Å²) in [6, 6.07) is 16.3. The van der Waals surface area contributed by atoms with Crippen molar-refractivity contribution in [2.75, 3.05) is 0 Å². The number of phenolic OH excluding ortho intramolecular Hbond substituents is 1. The summed E-state index contributed by atoms with van der Waals surface area (Å²) < 4.78 is 18.4. The van der Waals surface area contributed by atoms with Gasteiger partial charge in [0.1, 0.15) is 17.3 Å². The molecule has 3 aromatic rings. The lowest BCUT2D eigenvalue weighted by molar-refractivity contribution is -0.132. The van der Waals surface area contributed by atoms with Crippen molar-refractivity contribution in [3.05, 3.63) is 89.6 Å². The van der Waals surface area contributed by atoms with Gasteiger partial charge in [-0.15, -0.1) is 0 Å². The molecule has 1 amide bonds. The Morgan fingerprint density at radius 3 is 2.44 bits per heavy atom. The molecular formula is C20H18FNO3. The smallest absolute Gasteiger partial charge is 0.227 e. The molecule has 128 valence electrons. The number of carbonyl (C=O) groups is 1. The Hall–Kier alpha value is -3.08. The topological polar surface area (TPSA) is 53.7 Å². The van der Waals surface area contributed by atoms with Gasteiger partial charge in [-0.3, -0.25) is 4.79 Å². The highest BCUT2D eigenvalue weighted by Gasteiger charge is 2.18. The second kappa shape index (κ2) is 7.66. The van der Waals surface area contributed by atoms with E-state index in [4.69, 9.17) is 4.42 Å². The van der Waals surface area contributed by atoms with E-state index in [0.717, 1.165) is 5.56 Å². The molecule has 0 spiro atoms. The first-order valence-electron chi connectivity index (χ1n) is 7.93. The molecule has 0 saturated carbocycles. The Balaban J connectivity index is 1.78. The van der Waals surface area contributed by atoms with Crippen LogP contribution >= 0.6 is 0 Å². The van der Waals surface area contributed by atoms with Crippen molar-refractivity contribution in [1.29, 1.82) is 0 Å². The third-order valence-corrected chi connectivity index (χ3v) is 3.90. The highest BCUT2D eigenvalue weighted by atomic mass is 19.1. The van der Waals surface area contributed by atoms with Crippen molar-refractivity contribution in [2.45, 2.75) is 19.5 Å². The first-order valence-corrected chi connectivity index (χ1v) is 7.93. The number of hydrogen-bond donors (Lipinski definition) is 1. The maximum Gasteiger partial charge on any atom is 0.227 e. The number of amides is 1. The molecule has 5 heteroatoms. The van der Waals surface area contributed by atoms with Crippen LogP contribution in [0, 0.1) is 5.82 Å². The van der Waals surface area contributed by atoms with Gasteiger partial charge in [-0.25, -0.2) is 4.39 Å². The Morgan fingerprint density at radius 2 is 1.76 bits per heavy atom. The van der Waals surface area contributed by atoms with Crippen LogP contribution in [0.2, 0.25) is 0 Å². The van der Waals surface area contributed by atoms with Crippen LogP contribution in [-0.4, -0.2) is 15.9 Å². The zero-order valence-electron chi connectivity index (χ0n) is 13.6. The number of phenols is 1. The van der Waals surface area contributed by atoms with Crippen LogP contribution in [0.1, 0.15) is 16.9 Å². The highest BCUT2D eigenvalue weighted by molar-refractivity contribution is 5.78. The number of aromatic hydroxyl groups is 1. The lowest BCUT2D eigenvalue weighted by atomic mass is 10.1. The molecule has 0 radical (unpaired) electrons. The molecule has 0 aliphatic heterocycles. The number of furan rings is 1. The molecule has 1 N–H and O–H groups in total. The van der Waals surface area contributed by atoms with Gasteiger partial charge in [-0.1, -0.05) is 30.3 Å². The Labute approximate surface area is 145 Å². The van der Waals surface area contributed by atoms with Gasteiger partial charge in [0.2, 0.25) is 5.91 Å². The molecule has 0 saturated heterocycles. The van der Waals surface area contributed by atoms with Crippen molar-refractivity contribution in [2.24, 2.45) is 0 Å². The predicted molar refractivity (Wildman–Crippen MR) is 91.2 cm³/mol. The minimum atomic E-state index is -0.335. The van der Waals surface area contributed by atoms with Crippen LogP contribution in [0.25, 0.3) is 0 Å². The second-order valence-electron chi connectivity index (χ2n) is 5.76. The van der Waals surface area contributed by atoms with Crippen LogP contribution in [-0.2, 0) is 24.3 Å². The summed E-state index contributed by atoms with van der Waals surface area (Å²) in [6.45, 7) is 0.550. The van der Waals surface area contributed by atoms with Gasteiger partial charge in [0.05, 0.1) is 19.2 Å². The van der Waals surface area contributed by atoms with E-state index in [9.17, 15) is 14.3 Å². The van der Waals surface area contributed by atoms with Crippen molar-refractivity contribution in [1.82, 2.24) is 4.90 Å². The molecule has 0 fully saturated rings. The Morgan fingerprint density at radius 1 is 1.00 bits per heavy atom. The lowest BCUT2D eigenvalue weighted by Gasteiger charge is -2.22. The molecule has 0 unspecified atom stereocenters. The first kappa shape index (κ1) is 16.8.